The van der Waals surface area contributed by atoms with Crippen molar-refractivity contribution in [3.05, 3.63) is 51.3 Å². The predicted octanol–water partition coefficient (Wildman–Crippen LogP) is 1.96. The Morgan fingerprint density at radius 1 is 1.08 bits per heavy atom. The molecule has 1 aromatic heterocycles. The first-order valence-corrected chi connectivity index (χ1v) is 7.81. The quantitative estimate of drug-likeness (QED) is 0.898. The number of H-pyrrole nitrogens is 1. The number of likely N-dealkylation sites (tertiary alicyclic amines) is 1. The third-order valence-electron chi connectivity index (χ3n) is 4.32. The summed E-state index contributed by atoms with van der Waals surface area (Å²) in [5.41, 5.74) is 7.30. The molecule has 2 aromatic rings. The second kappa shape index (κ2) is 6.57. The lowest BCUT2D eigenvalue weighted by Crippen LogP contribution is -2.18. The number of nitriles is 2. The minimum atomic E-state index is -0.579. The van der Waals surface area contributed by atoms with Gasteiger partial charge in [0.05, 0.1) is 0 Å². The Hall–Kier alpha value is -3.09. The zero-order chi connectivity index (χ0) is 17.1. The van der Waals surface area contributed by atoms with Crippen LogP contribution in [-0.2, 0) is 6.54 Å². The molecule has 2 heterocycles. The molecule has 0 amide bonds. The highest BCUT2D eigenvalue weighted by Gasteiger charge is 2.18. The second-order valence-electron chi connectivity index (χ2n) is 5.90. The Morgan fingerprint density at radius 2 is 1.71 bits per heavy atom. The van der Waals surface area contributed by atoms with E-state index in [-0.39, 0.29) is 16.9 Å². The van der Waals surface area contributed by atoms with Crippen molar-refractivity contribution in [2.45, 2.75) is 19.4 Å². The fourth-order valence-corrected chi connectivity index (χ4v) is 3.11. The molecule has 0 atom stereocenters. The van der Waals surface area contributed by atoms with E-state index in [0.29, 0.717) is 11.1 Å². The molecule has 6 nitrogen and oxygen atoms in total. The Bertz CT molecular complexity index is 893. The van der Waals surface area contributed by atoms with Crippen LogP contribution in [0.25, 0.3) is 11.1 Å². The molecular formula is C18H17N5O. The number of hydrogen-bond acceptors (Lipinski definition) is 5. The number of benzene rings is 1. The van der Waals surface area contributed by atoms with Gasteiger partial charge < -0.3 is 10.7 Å². The van der Waals surface area contributed by atoms with Gasteiger partial charge in [0.15, 0.2) is 0 Å². The molecule has 120 valence electrons. The van der Waals surface area contributed by atoms with E-state index in [1.54, 1.807) is 0 Å². The molecule has 24 heavy (non-hydrogen) atoms. The van der Waals surface area contributed by atoms with Crippen molar-refractivity contribution in [3.8, 4) is 23.3 Å². The van der Waals surface area contributed by atoms with E-state index in [1.807, 2.05) is 36.4 Å². The second-order valence-corrected chi connectivity index (χ2v) is 5.90. The summed E-state index contributed by atoms with van der Waals surface area (Å²) in [6, 6.07) is 11.5. The molecule has 0 bridgehead atoms. The number of aromatic nitrogens is 1. The summed E-state index contributed by atoms with van der Waals surface area (Å²) in [6.45, 7) is 3.11. The van der Waals surface area contributed by atoms with E-state index in [4.69, 9.17) is 5.73 Å². The van der Waals surface area contributed by atoms with Crippen LogP contribution in [0.1, 0.15) is 29.5 Å². The first-order chi connectivity index (χ1) is 11.6. The number of hydrogen-bond donors (Lipinski definition) is 2. The minimum Gasteiger partial charge on any atom is -0.384 e. The molecule has 0 radical (unpaired) electrons. The summed E-state index contributed by atoms with van der Waals surface area (Å²) in [5, 5.41) is 18.6. The van der Waals surface area contributed by atoms with Crippen LogP contribution in [0, 0.1) is 22.7 Å². The average molecular weight is 319 g/mol. The van der Waals surface area contributed by atoms with Crippen LogP contribution in [-0.4, -0.2) is 23.0 Å². The van der Waals surface area contributed by atoms with Gasteiger partial charge in [-0.2, -0.15) is 10.5 Å². The van der Waals surface area contributed by atoms with Crippen molar-refractivity contribution in [2.75, 3.05) is 18.8 Å². The largest absolute Gasteiger partial charge is 0.384 e. The predicted molar refractivity (Wildman–Crippen MR) is 90.9 cm³/mol. The van der Waals surface area contributed by atoms with Gasteiger partial charge in [0.1, 0.15) is 29.1 Å². The SMILES string of the molecule is N#Cc1c(N)[nH]c(=O)c(C#N)c1-c1ccc(CN2CCCC2)cc1. The van der Waals surface area contributed by atoms with Crippen LogP contribution in [0.5, 0.6) is 0 Å². The maximum Gasteiger partial charge on any atom is 0.268 e. The van der Waals surface area contributed by atoms with Crippen LogP contribution in [0.2, 0.25) is 0 Å². The van der Waals surface area contributed by atoms with Crippen LogP contribution in [0.15, 0.2) is 29.1 Å². The molecule has 6 heteroatoms. The molecule has 0 aliphatic carbocycles. The van der Waals surface area contributed by atoms with Gasteiger partial charge in [-0.05, 0) is 37.1 Å². The Kier molecular flexibility index (Phi) is 4.33. The number of pyridine rings is 1. The fourth-order valence-electron chi connectivity index (χ4n) is 3.11. The van der Waals surface area contributed by atoms with Gasteiger partial charge in [0.2, 0.25) is 0 Å². The molecule has 3 rings (SSSR count). The Balaban J connectivity index is 2.01. The maximum absolute atomic E-state index is 12.0. The van der Waals surface area contributed by atoms with Gasteiger partial charge in [0, 0.05) is 12.1 Å². The summed E-state index contributed by atoms with van der Waals surface area (Å²) >= 11 is 0. The van der Waals surface area contributed by atoms with E-state index in [9.17, 15) is 15.3 Å². The highest BCUT2D eigenvalue weighted by molar-refractivity contribution is 5.80. The van der Waals surface area contributed by atoms with Gasteiger partial charge in [0.25, 0.3) is 5.56 Å². The summed E-state index contributed by atoms with van der Waals surface area (Å²) in [6.07, 6.45) is 2.47. The van der Waals surface area contributed by atoms with Crippen molar-refractivity contribution < 1.29 is 0 Å². The number of nitrogens with zero attached hydrogens (tertiary/aromatic N) is 3. The summed E-state index contributed by atoms with van der Waals surface area (Å²) in [5.74, 6) is -0.0161. The maximum atomic E-state index is 12.0. The molecule has 1 fully saturated rings. The standard InChI is InChI=1S/C18H17N5O/c19-9-14-16(15(10-20)18(24)22-17(14)21)13-5-3-12(4-6-13)11-23-7-1-2-8-23/h3-6H,1-2,7-8,11H2,(H3,21,22,24). The fraction of sp³-hybridized carbons (Fsp3) is 0.278. The zero-order valence-electron chi connectivity index (χ0n) is 13.2. The van der Waals surface area contributed by atoms with E-state index in [1.165, 1.54) is 12.8 Å². The van der Waals surface area contributed by atoms with E-state index < -0.39 is 5.56 Å². The number of anilines is 1. The molecule has 3 N–H and O–H groups in total. The number of nitrogens with two attached hydrogens (primary N) is 1. The number of nitrogens with one attached hydrogen (secondary N) is 1. The molecule has 1 aliphatic heterocycles. The molecule has 1 aliphatic rings. The molecule has 0 spiro atoms. The molecule has 0 saturated carbocycles. The van der Waals surface area contributed by atoms with Crippen molar-refractivity contribution in [2.24, 2.45) is 0 Å². The van der Waals surface area contributed by atoms with Gasteiger partial charge >= 0.3 is 0 Å². The number of aromatic amines is 1. The third-order valence-corrected chi connectivity index (χ3v) is 4.32. The van der Waals surface area contributed by atoms with Crippen molar-refractivity contribution in [1.82, 2.24) is 9.88 Å². The number of nitrogen functional groups attached to an aromatic ring is 1. The lowest BCUT2D eigenvalue weighted by Gasteiger charge is -2.15. The normalized spacial score (nSPS) is 14.2. The van der Waals surface area contributed by atoms with E-state index in [2.05, 4.69) is 9.88 Å². The monoisotopic (exact) mass is 319 g/mol. The molecule has 0 unspecified atom stereocenters. The van der Waals surface area contributed by atoms with Crippen molar-refractivity contribution >= 4 is 5.82 Å². The Morgan fingerprint density at radius 3 is 2.29 bits per heavy atom. The highest BCUT2D eigenvalue weighted by Crippen LogP contribution is 2.28. The highest BCUT2D eigenvalue weighted by atomic mass is 16.1. The zero-order valence-corrected chi connectivity index (χ0v) is 13.2. The van der Waals surface area contributed by atoms with Crippen LogP contribution in [0.3, 0.4) is 0 Å². The van der Waals surface area contributed by atoms with Gasteiger partial charge in [-0.15, -0.1) is 0 Å². The van der Waals surface area contributed by atoms with E-state index >= 15 is 0 Å². The number of rotatable bonds is 3. The first kappa shape index (κ1) is 15.8. The van der Waals surface area contributed by atoms with E-state index in [0.717, 1.165) is 25.2 Å². The molecule has 1 saturated heterocycles. The van der Waals surface area contributed by atoms with Crippen LogP contribution in [0.4, 0.5) is 5.82 Å². The van der Waals surface area contributed by atoms with Gasteiger partial charge in [-0.1, -0.05) is 24.3 Å². The first-order valence-electron chi connectivity index (χ1n) is 7.81. The lowest BCUT2D eigenvalue weighted by atomic mass is 9.96. The lowest BCUT2D eigenvalue weighted by molar-refractivity contribution is 0.331. The van der Waals surface area contributed by atoms with Crippen LogP contribution < -0.4 is 11.3 Å². The average Bonchev–Trinajstić information content (AvgIpc) is 3.08. The van der Waals surface area contributed by atoms with Gasteiger partial charge in [-0.25, -0.2) is 0 Å². The topological polar surface area (TPSA) is 110 Å². The van der Waals surface area contributed by atoms with Crippen molar-refractivity contribution in [3.63, 3.8) is 0 Å². The third kappa shape index (κ3) is 2.88. The molecular weight excluding hydrogens is 302 g/mol. The summed E-state index contributed by atoms with van der Waals surface area (Å²) in [4.78, 5) is 16.7. The smallest absolute Gasteiger partial charge is 0.268 e. The molecule has 1 aromatic carbocycles. The Labute approximate surface area is 139 Å². The van der Waals surface area contributed by atoms with Crippen LogP contribution >= 0.6 is 0 Å². The van der Waals surface area contributed by atoms with Crippen molar-refractivity contribution in [1.29, 1.82) is 10.5 Å². The summed E-state index contributed by atoms with van der Waals surface area (Å²) < 4.78 is 0. The minimum absolute atomic E-state index is 0.0161. The van der Waals surface area contributed by atoms with Gasteiger partial charge in [-0.3, -0.25) is 9.69 Å². The summed E-state index contributed by atoms with van der Waals surface area (Å²) in [7, 11) is 0.